The standard InChI is InChI=1S/C33H34N2O2/c1-22-16-17-27(18-23(22)2)35-24(3)19-28-29(20-33(4,5)21-30(28)35)34-37-32(36)31(25-12-8-6-9-13-25)26-14-10-7-11-15-26/h6-19,31H,20-21H2,1-5H3/b34-29+. The van der Waals surface area contributed by atoms with Gasteiger partial charge in [0.1, 0.15) is 5.92 Å². The number of hydrogen-bond donors (Lipinski definition) is 0. The van der Waals surface area contributed by atoms with E-state index in [1.165, 1.54) is 16.8 Å². The topological polar surface area (TPSA) is 43.6 Å². The molecule has 5 rings (SSSR count). The minimum absolute atomic E-state index is 0.0151. The molecule has 0 saturated heterocycles. The quantitative estimate of drug-likeness (QED) is 0.215. The van der Waals surface area contributed by atoms with Crippen LogP contribution >= 0.6 is 0 Å². The van der Waals surface area contributed by atoms with Crippen LogP contribution in [0.5, 0.6) is 0 Å². The van der Waals surface area contributed by atoms with Gasteiger partial charge in [-0.2, -0.15) is 0 Å². The summed E-state index contributed by atoms with van der Waals surface area (Å²) in [6, 6.07) is 28.3. The summed E-state index contributed by atoms with van der Waals surface area (Å²) in [5, 5.41) is 4.53. The monoisotopic (exact) mass is 490 g/mol. The molecule has 0 bridgehead atoms. The first-order chi connectivity index (χ1) is 17.7. The van der Waals surface area contributed by atoms with E-state index in [0.29, 0.717) is 0 Å². The van der Waals surface area contributed by atoms with Gasteiger partial charge in [0, 0.05) is 22.6 Å². The molecule has 0 amide bonds. The van der Waals surface area contributed by atoms with E-state index in [1.807, 2.05) is 60.7 Å². The van der Waals surface area contributed by atoms with Crippen molar-refractivity contribution in [2.75, 3.05) is 0 Å². The number of hydrogen-bond acceptors (Lipinski definition) is 3. The van der Waals surface area contributed by atoms with Crippen LogP contribution in [0.2, 0.25) is 0 Å². The molecule has 4 heteroatoms. The summed E-state index contributed by atoms with van der Waals surface area (Å²) < 4.78 is 2.33. The van der Waals surface area contributed by atoms with E-state index >= 15 is 0 Å². The highest BCUT2D eigenvalue weighted by molar-refractivity contribution is 6.03. The smallest absolute Gasteiger partial charge is 0.318 e. The fourth-order valence-electron chi connectivity index (χ4n) is 5.39. The molecular weight excluding hydrogens is 456 g/mol. The van der Waals surface area contributed by atoms with E-state index in [-0.39, 0.29) is 11.4 Å². The van der Waals surface area contributed by atoms with Crippen LogP contribution in [0.3, 0.4) is 0 Å². The zero-order valence-corrected chi connectivity index (χ0v) is 22.3. The van der Waals surface area contributed by atoms with Crippen molar-refractivity contribution in [1.82, 2.24) is 4.57 Å². The second kappa shape index (κ2) is 9.85. The molecule has 188 valence electrons. The van der Waals surface area contributed by atoms with Crippen molar-refractivity contribution in [2.24, 2.45) is 10.6 Å². The Labute approximate surface area is 219 Å². The summed E-state index contributed by atoms with van der Waals surface area (Å²) in [5.41, 5.74) is 9.73. The highest BCUT2D eigenvalue weighted by atomic mass is 16.7. The van der Waals surface area contributed by atoms with Crippen molar-refractivity contribution in [3.05, 3.63) is 124 Å². The lowest BCUT2D eigenvalue weighted by molar-refractivity contribution is -0.144. The largest absolute Gasteiger partial charge is 0.346 e. The first-order valence-electron chi connectivity index (χ1n) is 12.9. The second-order valence-corrected chi connectivity index (χ2v) is 11.0. The SMILES string of the molecule is Cc1ccc(-n2c(C)cc3c2CC(C)(C)C/C3=N\OC(=O)C(c2ccccc2)c2ccccc2)cc1C. The van der Waals surface area contributed by atoms with Crippen LogP contribution in [0.25, 0.3) is 5.69 Å². The molecule has 0 fully saturated rings. The van der Waals surface area contributed by atoms with Crippen molar-refractivity contribution >= 4 is 11.7 Å². The highest BCUT2D eigenvalue weighted by Crippen LogP contribution is 2.38. The Morgan fingerprint density at radius 1 is 0.838 bits per heavy atom. The minimum Gasteiger partial charge on any atom is -0.318 e. The van der Waals surface area contributed by atoms with Gasteiger partial charge in [0.2, 0.25) is 0 Å². The third-order valence-corrected chi connectivity index (χ3v) is 7.39. The fraction of sp³-hybridized carbons (Fsp3) is 0.273. The van der Waals surface area contributed by atoms with Crippen LogP contribution in [0.1, 0.15) is 65.4 Å². The molecule has 4 aromatic rings. The molecule has 3 aromatic carbocycles. The number of nitrogens with zero attached hydrogens (tertiary/aromatic N) is 2. The van der Waals surface area contributed by atoms with Crippen LogP contribution in [0, 0.1) is 26.2 Å². The van der Waals surface area contributed by atoms with Gasteiger partial charge in [-0.3, -0.25) is 0 Å². The van der Waals surface area contributed by atoms with Crippen molar-refractivity contribution in [3.63, 3.8) is 0 Å². The summed E-state index contributed by atoms with van der Waals surface area (Å²) in [6.07, 6.45) is 1.66. The van der Waals surface area contributed by atoms with E-state index in [2.05, 4.69) is 68.6 Å². The van der Waals surface area contributed by atoms with Gasteiger partial charge in [-0.15, -0.1) is 0 Å². The number of carbonyl (C=O) groups is 1. The van der Waals surface area contributed by atoms with Crippen LogP contribution in [0.15, 0.2) is 90.1 Å². The van der Waals surface area contributed by atoms with Crippen LogP contribution in [-0.4, -0.2) is 16.2 Å². The Kier molecular flexibility index (Phi) is 6.59. The predicted molar refractivity (Wildman–Crippen MR) is 149 cm³/mol. The van der Waals surface area contributed by atoms with Gasteiger partial charge in [-0.1, -0.05) is 85.7 Å². The van der Waals surface area contributed by atoms with E-state index in [1.54, 1.807) is 0 Å². The Bertz CT molecular complexity index is 1420. The Morgan fingerprint density at radius 3 is 2.05 bits per heavy atom. The molecule has 1 aromatic heterocycles. The number of oxime groups is 1. The van der Waals surface area contributed by atoms with Crippen molar-refractivity contribution in [2.45, 2.75) is 53.4 Å². The van der Waals surface area contributed by atoms with Crippen molar-refractivity contribution < 1.29 is 9.63 Å². The number of fused-ring (bicyclic) bond motifs is 1. The normalized spacial score (nSPS) is 15.6. The zero-order chi connectivity index (χ0) is 26.2. The minimum atomic E-state index is -0.537. The van der Waals surface area contributed by atoms with Gasteiger partial charge in [0.05, 0.1) is 5.71 Å². The van der Waals surface area contributed by atoms with Gasteiger partial charge in [0.25, 0.3) is 0 Å². The van der Waals surface area contributed by atoms with Crippen molar-refractivity contribution in [3.8, 4) is 5.69 Å². The summed E-state index contributed by atoms with van der Waals surface area (Å²) in [4.78, 5) is 19.2. The number of carbonyl (C=O) groups excluding carboxylic acids is 1. The maximum atomic E-state index is 13.5. The Hall–Kier alpha value is -3.92. The summed E-state index contributed by atoms with van der Waals surface area (Å²) in [6.45, 7) is 10.9. The van der Waals surface area contributed by atoms with Gasteiger partial charge in [0.15, 0.2) is 0 Å². The molecule has 0 N–H and O–H groups in total. The average molecular weight is 491 g/mol. The number of rotatable bonds is 5. The second-order valence-electron chi connectivity index (χ2n) is 11.0. The molecule has 0 radical (unpaired) electrons. The van der Waals surface area contributed by atoms with E-state index in [4.69, 9.17) is 4.84 Å². The summed E-state index contributed by atoms with van der Waals surface area (Å²) in [5.74, 6) is -0.912. The van der Waals surface area contributed by atoms with Crippen molar-refractivity contribution in [1.29, 1.82) is 0 Å². The van der Waals surface area contributed by atoms with Gasteiger partial charge in [-0.05, 0) is 79.5 Å². The van der Waals surface area contributed by atoms with Gasteiger partial charge < -0.3 is 9.40 Å². The lowest BCUT2D eigenvalue weighted by Crippen LogP contribution is -2.29. The fourth-order valence-corrected chi connectivity index (χ4v) is 5.39. The molecule has 4 nitrogen and oxygen atoms in total. The number of aromatic nitrogens is 1. The molecule has 37 heavy (non-hydrogen) atoms. The van der Waals surface area contributed by atoms with Crippen LogP contribution in [-0.2, 0) is 16.1 Å². The molecule has 0 aliphatic heterocycles. The molecule has 0 atom stereocenters. The lowest BCUT2D eigenvalue weighted by atomic mass is 9.76. The van der Waals surface area contributed by atoms with Crippen LogP contribution in [0.4, 0.5) is 0 Å². The average Bonchev–Trinajstić information content (AvgIpc) is 3.20. The zero-order valence-electron chi connectivity index (χ0n) is 22.3. The third kappa shape index (κ3) is 5.01. The maximum absolute atomic E-state index is 13.5. The molecular formula is C33H34N2O2. The maximum Gasteiger partial charge on any atom is 0.346 e. The van der Waals surface area contributed by atoms with E-state index < -0.39 is 5.92 Å². The molecule has 1 heterocycles. The van der Waals surface area contributed by atoms with Gasteiger partial charge >= 0.3 is 5.97 Å². The summed E-state index contributed by atoms with van der Waals surface area (Å²) >= 11 is 0. The first-order valence-corrected chi connectivity index (χ1v) is 12.9. The lowest BCUT2D eigenvalue weighted by Gasteiger charge is -2.31. The molecule has 0 spiro atoms. The molecule has 1 aliphatic carbocycles. The molecule has 0 unspecified atom stereocenters. The highest BCUT2D eigenvalue weighted by Gasteiger charge is 2.34. The molecule has 1 aliphatic rings. The Balaban J connectivity index is 1.52. The number of aryl methyl sites for hydroxylation is 3. The van der Waals surface area contributed by atoms with E-state index in [0.717, 1.165) is 46.6 Å². The van der Waals surface area contributed by atoms with E-state index in [9.17, 15) is 4.79 Å². The molecule has 0 saturated carbocycles. The predicted octanol–water partition coefficient (Wildman–Crippen LogP) is 7.45. The third-order valence-electron chi connectivity index (χ3n) is 7.39. The van der Waals surface area contributed by atoms with Gasteiger partial charge in [-0.25, -0.2) is 4.79 Å². The first kappa shape index (κ1) is 24.8. The Morgan fingerprint density at radius 2 is 1.46 bits per heavy atom. The summed E-state index contributed by atoms with van der Waals surface area (Å²) in [7, 11) is 0. The van der Waals surface area contributed by atoms with Crippen LogP contribution < -0.4 is 0 Å². The number of benzene rings is 3.